The molecule has 0 saturated carbocycles. The van der Waals surface area contributed by atoms with Gasteiger partial charge in [-0.25, -0.2) is 4.98 Å². The summed E-state index contributed by atoms with van der Waals surface area (Å²) in [5, 5.41) is 19.4. The SMILES string of the molecule is Nc1nc2c(nc(/C=C/c3ccccc3)n2C2C[C@H](O)[C@@H](CO)O2)c(=O)[nH]1. The molecule has 3 heterocycles. The van der Waals surface area contributed by atoms with E-state index >= 15 is 0 Å². The molecule has 4 rings (SSSR count). The maximum Gasteiger partial charge on any atom is 0.280 e. The number of nitrogens with one attached hydrogen (secondary N) is 1. The van der Waals surface area contributed by atoms with Crippen molar-refractivity contribution in [1.82, 2.24) is 19.5 Å². The van der Waals surface area contributed by atoms with Crippen LogP contribution in [0.2, 0.25) is 0 Å². The van der Waals surface area contributed by atoms with Crippen LogP contribution in [0, 0.1) is 0 Å². The molecule has 9 heteroatoms. The Labute approximate surface area is 153 Å². The minimum atomic E-state index is -0.831. The zero-order valence-electron chi connectivity index (χ0n) is 14.3. The van der Waals surface area contributed by atoms with Crippen LogP contribution in [0.4, 0.5) is 5.95 Å². The Bertz CT molecular complexity index is 1040. The van der Waals surface area contributed by atoms with E-state index in [1.807, 2.05) is 36.4 Å². The number of aromatic amines is 1. The summed E-state index contributed by atoms with van der Waals surface area (Å²) < 4.78 is 7.37. The van der Waals surface area contributed by atoms with Crippen molar-refractivity contribution in [2.75, 3.05) is 12.3 Å². The number of nitrogens with zero attached hydrogens (tertiary/aromatic N) is 3. The van der Waals surface area contributed by atoms with Gasteiger partial charge in [-0.1, -0.05) is 36.4 Å². The van der Waals surface area contributed by atoms with Crippen molar-refractivity contribution in [3.63, 3.8) is 0 Å². The molecule has 1 unspecified atom stereocenters. The monoisotopic (exact) mass is 369 g/mol. The lowest BCUT2D eigenvalue weighted by molar-refractivity contribution is -0.0433. The first-order valence-electron chi connectivity index (χ1n) is 8.52. The van der Waals surface area contributed by atoms with Crippen molar-refractivity contribution in [2.24, 2.45) is 0 Å². The average molecular weight is 369 g/mol. The van der Waals surface area contributed by atoms with Gasteiger partial charge in [0.15, 0.2) is 11.2 Å². The van der Waals surface area contributed by atoms with Gasteiger partial charge >= 0.3 is 0 Å². The summed E-state index contributed by atoms with van der Waals surface area (Å²) in [6.45, 7) is -0.310. The van der Waals surface area contributed by atoms with E-state index < -0.39 is 24.0 Å². The molecule has 0 bridgehead atoms. The van der Waals surface area contributed by atoms with Crippen molar-refractivity contribution >= 4 is 29.3 Å². The number of aliphatic hydroxyl groups is 2. The third-order valence-corrected chi connectivity index (χ3v) is 4.49. The number of hydrogen-bond donors (Lipinski definition) is 4. The number of nitrogen functional groups attached to an aromatic ring is 1. The lowest BCUT2D eigenvalue weighted by Gasteiger charge is -2.15. The van der Waals surface area contributed by atoms with E-state index in [4.69, 9.17) is 10.5 Å². The molecular formula is C18H19N5O4. The Morgan fingerprint density at radius 1 is 1.30 bits per heavy atom. The maximum absolute atomic E-state index is 12.2. The number of nitrogens with two attached hydrogens (primary N) is 1. The highest BCUT2D eigenvalue weighted by molar-refractivity contribution is 5.77. The minimum Gasteiger partial charge on any atom is -0.394 e. The predicted molar refractivity (Wildman–Crippen MR) is 99.6 cm³/mol. The zero-order chi connectivity index (χ0) is 19.0. The van der Waals surface area contributed by atoms with Gasteiger partial charge in [0, 0.05) is 6.42 Å². The van der Waals surface area contributed by atoms with E-state index in [-0.39, 0.29) is 30.1 Å². The minimum absolute atomic E-state index is 0.0375. The molecule has 3 atom stereocenters. The fourth-order valence-electron chi connectivity index (χ4n) is 3.19. The smallest absolute Gasteiger partial charge is 0.280 e. The Kier molecular flexibility index (Phi) is 4.48. The molecule has 1 aliphatic heterocycles. The Hall–Kier alpha value is -3.01. The van der Waals surface area contributed by atoms with Crippen LogP contribution in [0.25, 0.3) is 23.3 Å². The first-order valence-corrected chi connectivity index (χ1v) is 8.52. The van der Waals surface area contributed by atoms with Crippen LogP contribution in [0.5, 0.6) is 0 Å². The fraction of sp³-hybridized carbons (Fsp3) is 0.278. The summed E-state index contributed by atoms with van der Waals surface area (Å²) in [6, 6.07) is 9.62. The summed E-state index contributed by atoms with van der Waals surface area (Å²) in [5.41, 5.74) is 6.58. The highest BCUT2D eigenvalue weighted by Gasteiger charge is 2.36. The van der Waals surface area contributed by atoms with Crippen LogP contribution in [0.15, 0.2) is 35.1 Å². The van der Waals surface area contributed by atoms with Gasteiger partial charge in [0.2, 0.25) is 5.95 Å². The Morgan fingerprint density at radius 3 is 2.78 bits per heavy atom. The van der Waals surface area contributed by atoms with Gasteiger partial charge in [0.05, 0.1) is 12.7 Å². The standard InChI is InChI=1S/C18H19N5O4/c19-18-21-16-15(17(26)22-18)20-13(7-6-10-4-2-1-3-5-10)23(16)14-8-11(25)12(9-24)27-14/h1-7,11-12,14,24-25H,8-9H2,(H3,19,21,22,26)/b7-6+/t11-,12+,14?/m0/s1. The van der Waals surface area contributed by atoms with E-state index in [1.165, 1.54) is 0 Å². The molecule has 1 aromatic carbocycles. The molecule has 5 N–H and O–H groups in total. The molecule has 0 spiro atoms. The number of anilines is 1. The number of hydrogen-bond acceptors (Lipinski definition) is 7. The molecule has 140 valence electrons. The Balaban J connectivity index is 1.84. The first-order chi connectivity index (χ1) is 13.1. The van der Waals surface area contributed by atoms with E-state index in [2.05, 4.69) is 15.0 Å². The highest BCUT2D eigenvalue weighted by atomic mass is 16.5. The topological polar surface area (TPSA) is 139 Å². The van der Waals surface area contributed by atoms with E-state index in [1.54, 1.807) is 10.6 Å². The number of imidazole rings is 1. The number of aromatic nitrogens is 4. The van der Waals surface area contributed by atoms with Crippen molar-refractivity contribution in [3.8, 4) is 0 Å². The third kappa shape index (κ3) is 3.23. The highest BCUT2D eigenvalue weighted by Crippen LogP contribution is 2.32. The van der Waals surface area contributed by atoms with Crippen molar-refractivity contribution in [2.45, 2.75) is 24.9 Å². The zero-order valence-corrected chi connectivity index (χ0v) is 14.3. The van der Waals surface area contributed by atoms with Crippen molar-refractivity contribution in [3.05, 3.63) is 52.1 Å². The molecule has 3 aromatic rings. The number of ether oxygens (including phenoxy) is 1. The number of H-pyrrole nitrogens is 1. The second-order valence-corrected chi connectivity index (χ2v) is 6.32. The largest absolute Gasteiger partial charge is 0.394 e. The second kappa shape index (κ2) is 6.95. The van der Waals surface area contributed by atoms with Gasteiger partial charge in [-0.15, -0.1) is 0 Å². The molecule has 9 nitrogen and oxygen atoms in total. The van der Waals surface area contributed by atoms with E-state index in [0.29, 0.717) is 5.82 Å². The van der Waals surface area contributed by atoms with Crippen molar-refractivity contribution < 1.29 is 14.9 Å². The lowest BCUT2D eigenvalue weighted by Crippen LogP contribution is -2.24. The van der Waals surface area contributed by atoms with Gasteiger partial charge < -0.3 is 20.7 Å². The number of fused-ring (bicyclic) bond motifs is 1. The van der Waals surface area contributed by atoms with Gasteiger partial charge in [0.1, 0.15) is 18.2 Å². The van der Waals surface area contributed by atoms with Gasteiger partial charge in [-0.3, -0.25) is 14.3 Å². The average Bonchev–Trinajstić information content (AvgIpc) is 3.20. The van der Waals surface area contributed by atoms with Gasteiger partial charge in [0.25, 0.3) is 5.56 Å². The molecule has 2 aromatic heterocycles. The first kappa shape index (κ1) is 17.4. The van der Waals surface area contributed by atoms with E-state index in [9.17, 15) is 15.0 Å². The molecule has 0 radical (unpaired) electrons. The summed E-state index contributed by atoms with van der Waals surface area (Å²) in [6.07, 6.45) is 1.66. The summed E-state index contributed by atoms with van der Waals surface area (Å²) in [5.74, 6) is 0.401. The molecule has 27 heavy (non-hydrogen) atoms. The fourth-order valence-corrected chi connectivity index (χ4v) is 3.19. The number of aliphatic hydroxyl groups excluding tert-OH is 2. The molecule has 1 fully saturated rings. The molecule has 1 aliphatic rings. The molecular weight excluding hydrogens is 350 g/mol. The van der Waals surface area contributed by atoms with Gasteiger partial charge in [-0.05, 0) is 11.6 Å². The molecule has 0 aliphatic carbocycles. The summed E-state index contributed by atoms with van der Waals surface area (Å²) in [4.78, 5) is 23.2. The predicted octanol–water partition coefficient (Wildman–Crippen LogP) is 0.513. The number of rotatable bonds is 4. The van der Waals surface area contributed by atoms with Crippen LogP contribution in [0.3, 0.4) is 0 Å². The summed E-state index contributed by atoms with van der Waals surface area (Å²) in [7, 11) is 0. The molecule has 0 amide bonds. The quantitative estimate of drug-likeness (QED) is 0.525. The maximum atomic E-state index is 12.2. The normalized spacial score (nSPS) is 22.8. The van der Waals surface area contributed by atoms with Crippen LogP contribution in [-0.4, -0.2) is 48.5 Å². The van der Waals surface area contributed by atoms with Crippen molar-refractivity contribution in [1.29, 1.82) is 0 Å². The van der Waals surface area contributed by atoms with Gasteiger partial charge in [-0.2, -0.15) is 4.98 Å². The van der Waals surface area contributed by atoms with Crippen LogP contribution in [-0.2, 0) is 4.74 Å². The van der Waals surface area contributed by atoms with Crippen LogP contribution < -0.4 is 11.3 Å². The third-order valence-electron chi connectivity index (χ3n) is 4.49. The van der Waals surface area contributed by atoms with Crippen LogP contribution >= 0.6 is 0 Å². The second-order valence-electron chi connectivity index (χ2n) is 6.32. The van der Waals surface area contributed by atoms with E-state index in [0.717, 1.165) is 5.56 Å². The molecule has 1 saturated heterocycles. The lowest BCUT2D eigenvalue weighted by atomic mass is 10.2. The Morgan fingerprint density at radius 2 is 2.07 bits per heavy atom. The summed E-state index contributed by atoms with van der Waals surface area (Å²) >= 11 is 0. The van der Waals surface area contributed by atoms with Crippen LogP contribution in [0.1, 0.15) is 24.0 Å². The number of benzene rings is 1.